The Labute approximate surface area is 147 Å². The van der Waals surface area contributed by atoms with E-state index in [1.54, 1.807) is 0 Å². The second kappa shape index (κ2) is 8.62. The molecule has 1 aliphatic heterocycles. The Bertz CT molecular complexity index is 609. The minimum Gasteiger partial charge on any atom is -0.207 e. The molecule has 1 radical (unpaired) electrons. The summed E-state index contributed by atoms with van der Waals surface area (Å²) in [5.74, 6) is 0.585. The predicted molar refractivity (Wildman–Crippen MR) is 104 cm³/mol. The maximum Gasteiger partial charge on any atom is 0.123 e. The zero-order valence-corrected chi connectivity index (χ0v) is 15.7. The lowest BCUT2D eigenvalue weighted by Gasteiger charge is -2.28. The summed E-state index contributed by atoms with van der Waals surface area (Å²) in [5.41, 5.74) is 3.77. The third-order valence-electron chi connectivity index (χ3n) is 5.39. The van der Waals surface area contributed by atoms with Crippen LogP contribution in [0.5, 0.6) is 0 Å². The van der Waals surface area contributed by atoms with Crippen molar-refractivity contribution in [1.82, 2.24) is 0 Å². The first-order valence-electron chi connectivity index (χ1n) is 9.45. The molecule has 1 fully saturated rings. The second-order valence-electron chi connectivity index (χ2n) is 7.11. The molecule has 0 spiro atoms. The van der Waals surface area contributed by atoms with Crippen molar-refractivity contribution in [3.05, 3.63) is 59.9 Å². The molecule has 0 bridgehead atoms. The molecule has 2 heteroatoms. The topological polar surface area (TPSA) is 0 Å². The zero-order valence-electron chi connectivity index (χ0n) is 14.7. The molecule has 0 atom stereocenters. The molecule has 1 heterocycles. The fourth-order valence-corrected chi connectivity index (χ4v) is 6.84. The van der Waals surface area contributed by atoms with Gasteiger partial charge in [0, 0.05) is 8.80 Å². The summed E-state index contributed by atoms with van der Waals surface area (Å²) in [6, 6.07) is 20.3. The van der Waals surface area contributed by atoms with Crippen LogP contribution in [0.3, 0.4) is 0 Å². The highest BCUT2D eigenvalue weighted by Crippen LogP contribution is 2.36. The number of unbranched alkanes of at least 4 members (excludes halogenated alkanes) is 2. The molecule has 127 valence electrons. The summed E-state index contributed by atoms with van der Waals surface area (Å²) >= 11 is 0. The van der Waals surface area contributed by atoms with E-state index in [0.717, 1.165) is 11.5 Å². The van der Waals surface area contributed by atoms with E-state index >= 15 is 0 Å². The van der Waals surface area contributed by atoms with E-state index in [0.29, 0.717) is 0 Å². The van der Waals surface area contributed by atoms with Gasteiger partial charge in [-0.15, -0.1) is 0 Å². The first-order chi connectivity index (χ1) is 11.8. The van der Waals surface area contributed by atoms with E-state index in [1.165, 1.54) is 73.5 Å². The van der Waals surface area contributed by atoms with Crippen LogP contribution in [0.2, 0.25) is 18.1 Å². The van der Waals surface area contributed by atoms with Crippen LogP contribution in [0.1, 0.15) is 50.5 Å². The van der Waals surface area contributed by atoms with Crippen molar-refractivity contribution in [2.75, 3.05) is 0 Å². The average Bonchev–Trinajstić information content (AvgIpc) is 2.63. The van der Waals surface area contributed by atoms with Crippen molar-refractivity contribution in [3.63, 3.8) is 0 Å². The molecule has 1 saturated heterocycles. The van der Waals surface area contributed by atoms with Crippen molar-refractivity contribution >= 4 is 8.80 Å². The second-order valence-corrected chi connectivity index (χ2v) is 10.1. The third-order valence-corrected chi connectivity index (χ3v) is 8.44. The van der Waals surface area contributed by atoms with Crippen LogP contribution in [-0.4, -0.2) is 8.80 Å². The highest BCUT2D eigenvalue weighted by atomic mass is 28.3. The van der Waals surface area contributed by atoms with E-state index in [1.807, 2.05) is 12.1 Å². The van der Waals surface area contributed by atoms with Crippen LogP contribution < -0.4 is 0 Å². The summed E-state index contributed by atoms with van der Waals surface area (Å²) in [4.78, 5) is 0. The van der Waals surface area contributed by atoms with E-state index in [2.05, 4.69) is 31.2 Å². The van der Waals surface area contributed by atoms with E-state index in [9.17, 15) is 4.39 Å². The highest BCUT2D eigenvalue weighted by molar-refractivity contribution is 6.59. The molecule has 0 aliphatic carbocycles. The predicted octanol–water partition coefficient (Wildman–Crippen LogP) is 7.06. The summed E-state index contributed by atoms with van der Waals surface area (Å²) < 4.78 is 13.0. The lowest BCUT2D eigenvalue weighted by atomic mass is 9.92. The molecule has 2 aromatic carbocycles. The van der Waals surface area contributed by atoms with E-state index < -0.39 is 0 Å². The normalized spacial score (nSPS) is 16.4. The Morgan fingerprint density at radius 2 is 1.46 bits per heavy atom. The lowest BCUT2D eigenvalue weighted by molar-refractivity contribution is 0.603. The number of halogens is 1. The minimum absolute atomic E-state index is 0.0502. The molecule has 0 saturated carbocycles. The minimum atomic E-state index is -0.172. The van der Waals surface area contributed by atoms with Gasteiger partial charge in [-0.2, -0.15) is 0 Å². The van der Waals surface area contributed by atoms with Crippen molar-refractivity contribution in [2.45, 2.75) is 63.1 Å². The Balaban J connectivity index is 1.56. The van der Waals surface area contributed by atoms with Crippen molar-refractivity contribution < 1.29 is 4.39 Å². The van der Waals surface area contributed by atoms with Crippen LogP contribution in [0.25, 0.3) is 11.1 Å². The first-order valence-corrected chi connectivity index (χ1v) is 11.6. The first kappa shape index (κ1) is 17.4. The molecular formula is C22H28FSi. The lowest BCUT2D eigenvalue weighted by Crippen LogP contribution is -2.20. The van der Waals surface area contributed by atoms with Gasteiger partial charge in [0.25, 0.3) is 0 Å². The van der Waals surface area contributed by atoms with Gasteiger partial charge in [0.05, 0.1) is 0 Å². The Morgan fingerprint density at radius 3 is 2.04 bits per heavy atom. The number of rotatable bonds is 6. The Kier molecular flexibility index (Phi) is 6.25. The molecule has 24 heavy (non-hydrogen) atoms. The summed E-state index contributed by atoms with van der Waals surface area (Å²) in [7, 11) is -0.0502. The molecule has 0 nitrogen and oxygen atoms in total. The van der Waals surface area contributed by atoms with Crippen LogP contribution >= 0.6 is 0 Å². The summed E-state index contributed by atoms with van der Waals surface area (Å²) in [6.45, 7) is 2.30. The van der Waals surface area contributed by atoms with Gasteiger partial charge in [-0.25, -0.2) is 4.39 Å². The zero-order chi connectivity index (χ0) is 16.8. The molecule has 3 rings (SSSR count). The maximum absolute atomic E-state index is 13.0. The average molecular weight is 340 g/mol. The fourth-order valence-electron chi connectivity index (χ4n) is 3.82. The van der Waals surface area contributed by atoms with E-state index in [-0.39, 0.29) is 14.6 Å². The van der Waals surface area contributed by atoms with Gasteiger partial charge in [0.2, 0.25) is 0 Å². The van der Waals surface area contributed by atoms with Gasteiger partial charge in [-0.05, 0) is 47.6 Å². The molecular weight excluding hydrogens is 311 g/mol. The number of hydrogen-bond acceptors (Lipinski definition) is 0. The van der Waals surface area contributed by atoms with Crippen LogP contribution in [-0.2, 0) is 0 Å². The SMILES string of the molecule is CCCCC[Si]1CCC(c2ccc(-c3ccc(F)cc3)cc2)CC1. The largest absolute Gasteiger partial charge is 0.207 e. The Hall–Kier alpha value is -1.41. The van der Waals surface area contributed by atoms with Crippen LogP contribution in [0.15, 0.2) is 48.5 Å². The summed E-state index contributed by atoms with van der Waals surface area (Å²) in [6.07, 6.45) is 7.00. The monoisotopic (exact) mass is 339 g/mol. The van der Waals surface area contributed by atoms with Crippen molar-refractivity contribution in [3.8, 4) is 11.1 Å². The number of benzene rings is 2. The third kappa shape index (κ3) is 4.57. The van der Waals surface area contributed by atoms with Crippen LogP contribution in [0, 0.1) is 5.82 Å². The fraction of sp³-hybridized carbons (Fsp3) is 0.455. The van der Waals surface area contributed by atoms with Gasteiger partial charge in [0.15, 0.2) is 0 Å². The number of hydrogen-bond donors (Lipinski definition) is 0. The molecule has 2 aromatic rings. The molecule has 0 amide bonds. The summed E-state index contributed by atoms with van der Waals surface area (Å²) in [5, 5.41) is 0. The Morgan fingerprint density at radius 1 is 0.875 bits per heavy atom. The van der Waals surface area contributed by atoms with Crippen LogP contribution in [0.4, 0.5) is 4.39 Å². The standard InChI is InChI=1S/C22H28FSi/c1-2-3-4-15-24-16-13-21(14-17-24)19-7-5-18(6-8-19)20-9-11-22(23)12-10-20/h5-12,21H,2-4,13-17H2,1H3. The van der Waals surface area contributed by atoms with Gasteiger partial charge < -0.3 is 0 Å². The molecule has 0 unspecified atom stereocenters. The van der Waals surface area contributed by atoms with Gasteiger partial charge in [-0.3, -0.25) is 0 Å². The van der Waals surface area contributed by atoms with Gasteiger partial charge in [0.1, 0.15) is 5.82 Å². The smallest absolute Gasteiger partial charge is 0.123 e. The van der Waals surface area contributed by atoms with E-state index in [4.69, 9.17) is 0 Å². The van der Waals surface area contributed by atoms with Gasteiger partial charge >= 0.3 is 0 Å². The van der Waals surface area contributed by atoms with Gasteiger partial charge in [-0.1, -0.05) is 80.7 Å². The van der Waals surface area contributed by atoms with Crippen molar-refractivity contribution in [1.29, 1.82) is 0 Å². The molecule has 1 aliphatic rings. The molecule has 0 aromatic heterocycles. The molecule has 0 N–H and O–H groups in total. The quantitative estimate of drug-likeness (QED) is 0.390. The maximum atomic E-state index is 13.0. The van der Waals surface area contributed by atoms with Crippen molar-refractivity contribution in [2.24, 2.45) is 0 Å². The highest BCUT2D eigenvalue weighted by Gasteiger charge is 2.23.